The molecular formula is C6H9NO2. The molecule has 0 unspecified atom stereocenters. The van der Waals surface area contributed by atoms with Crippen molar-refractivity contribution in [2.45, 2.75) is 0 Å². The van der Waals surface area contributed by atoms with Crippen molar-refractivity contribution in [3.05, 3.63) is 36.4 Å². The molecule has 0 fully saturated rings. The summed E-state index contributed by atoms with van der Waals surface area (Å²) >= 11 is 0. The first-order valence-corrected chi connectivity index (χ1v) is 2.33. The zero-order valence-electron chi connectivity index (χ0n) is 4.91. The third kappa shape index (κ3) is 4.47. The SMILES string of the molecule is C=C(O)/C=C(O)\C=C/N. The Hall–Kier alpha value is -1.38. The fourth-order valence-corrected chi connectivity index (χ4v) is 0.317. The average Bonchev–Trinajstić information content (AvgIpc) is 1.63. The number of aliphatic hydroxyl groups is 2. The maximum atomic E-state index is 8.69. The molecule has 0 atom stereocenters. The van der Waals surface area contributed by atoms with E-state index in [9.17, 15) is 0 Å². The lowest BCUT2D eigenvalue weighted by Crippen LogP contribution is -1.81. The van der Waals surface area contributed by atoms with Gasteiger partial charge >= 0.3 is 0 Å². The molecule has 9 heavy (non-hydrogen) atoms. The summed E-state index contributed by atoms with van der Waals surface area (Å²) < 4.78 is 0. The molecule has 0 aromatic rings. The molecule has 0 spiro atoms. The Morgan fingerprint density at radius 2 is 2.00 bits per heavy atom. The lowest BCUT2D eigenvalue weighted by atomic mass is 10.4. The fraction of sp³-hybridized carbons (Fsp3) is 0. The standard InChI is InChI=1S/C6H9NO2/c1-5(8)4-6(9)2-3-7/h2-4,8-9H,1,7H2/b3-2-,6-4+. The van der Waals surface area contributed by atoms with E-state index in [1.165, 1.54) is 6.08 Å². The van der Waals surface area contributed by atoms with Crippen LogP contribution < -0.4 is 5.73 Å². The van der Waals surface area contributed by atoms with Crippen LogP contribution >= 0.6 is 0 Å². The van der Waals surface area contributed by atoms with Crippen molar-refractivity contribution >= 4 is 0 Å². The normalized spacial score (nSPS) is 12.2. The number of nitrogens with two attached hydrogens (primary N) is 1. The van der Waals surface area contributed by atoms with E-state index < -0.39 is 0 Å². The Bertz CT molecular complexity index is 158. The summed E-state index contributed by atoms with van der Waals surface area (Å²) in [5.74, 6) is -0.324. The molecule has 0 aliphatic heterocycles. The Kier molecular flexibility index (Phi) is 3.05. The van der Waals surface area contributed by atoms with Gasteiger partial charge < -0.3 is 15.9 Å². The van der Waals surface area contributed by atoms with E-state index in [4.69, 9.17) is 15.9 Å². The Morgan fingerprint density at radius 3 is 2.33 bits per heavy atom. The molecule has 0 aliphatic rings. The first-order chi connectivity index (χ1) is 4.16. The van der Waals surface area contributed by atoms with Gasteiger partial charge in [-0.15, -0.1) is 0 Å². The summed E-state index contributed by atoms with van der Waals surface area (Å²) in [7, 11) is 0. The van der Waals surface area contributed by atoms with Crippen LogP contribution in [0, 0.1) is 0 Å². The van der Waals surface area contributed by atoms with Crippen molar-refractivity contribution in [3.63, 3.8) is 0 Å². The Morgan fingerprint density at radius 1 is 1.44 bits per heavy atom. The molecule has 0 aromatic carbocycles. The van der Waals surface area contributed by atoms with Gasteiger partial charge in [-0.2, -0.15) is 0 Å². The van der Waals surface area contributed by atoms with Crippen LogP contribution in [0.25, 0.3) is 0 Å². The van der Waals surface area contributed by atoms with Crippen LogP contribution in [0.3, 0.4) is 0 Å². The number of rotatable bonds is 2. The highest BCUT2D eigenvalue weighted by Gasteiger charge is 1.83. The average molecular weight is 127 g/mol. The van der Waals surface area contributed by atoms with E-state index in [-0.39, 0.29) is 11.5 Å². The van der Waals surface area contributed by atoms with Gasteiger partial charge in [0.25, 0.3) is 0 Å². The van der Waals surface area contributed by atoms with Crippen molar-refractivity contribution in [3.8, 4) is 0 Å². The van der Waals surface area contributed by atoms with Gasteiger partial charge in [0, 0.05) is 6.08 Å². The molecule has 0 rings (SSSR count). The zero-order chi connectivity index (χ0) is 7.28. The largest absolute Gasteiger partial charge is 0.508 e. The molecule has 0 heterocycles. The van der Waals surface area contributed by atoms with Gasteiger partial charge in [-0.05, 0) is 12.3 Å². The summed E-state index contributed by atoms with van der Waals surface area (Å²) in [4.78, 5) is 0. The summed E-state index contributed by atoms with van der Waals surface area (Å²) in [5.41, 5.74) is 4.91. The van der Waals surface area contributed by atoms with Gasteiger partial charge in [-0.1, -0.05) is 6.58 Å². The first kappa shape index (κ1) is 7.62. The maximum Gasteiger partial charge on any atom is 0.120 e. The van der Waals surface area contributed by atoms with Crippen molar-refractivity contribution < 1.29 is 10.2 Å². The van der Waals surface area contributed by atoms with E-state index in [0.717, 1.165) is 12.3 Å². The molecule has 3 heteroatoms. The summed E-state index contributed by atoms with van der Waals surface area (Å²) in [6.07, 6.45) is 3.49. The van der Waals surface area contributed by atoms with Crippen LogP contribution in [-0.2, 0) is 0 Å². The van der Waals surface area contributed by atoms with Crippen LogP contribution in [0.5, 0.6) is 0 Å². The minimum absolute atomic E-state index is 0.120. The lowest BCUT2D eigenvalue weighted by molar-refractivity contribution is 0.406. The number of allylic oxidation sites excluding steroid dienone is 2. The minimum Gasteiger partial charge on any atom is -0.508 e. The molecule has 0 bridgehead atoms. The molecular weight excluding hydrogens is 118 g/mol. The highest BCUT2D eigenvalue weighted by atomic mass is 16.3. The van der Waals surface area contributed by atoms with E-state index in [0.29, 0.717) is 0 Å². The molecule has 0 amide bonds. The summed E-state index contributed by atoms with van der Waals surface area (Å²) in [6, 6.07) is 0. The summed E-state index contributed by atoms with van der Waals surface area (Å²) in [6.45, 7) is 3.12. The van der Waals surface area contributed by atoms with Crippen molar-refractivity contribution in [2.24, 2.45) is 5.73 Å². The van der Waals surface area contributed by atoms with Gasteiger partial charge in [0.1, 0.15) is 11.5 Å². The zero-order valence-corrected chi connectivity index (χ0v) is 4.91. The fourth-order valence-electron chi connectivity index (χ4n) is 0.317. The maximum absolute atomic E-state index is 8.69. The predicted molar refractivity (Wildman–Crippen MR) is 35.8 cm³/mol. The van der Waals surface area contributed by atoms with Crippen LogP contribution in [0.4, 0.5) is 0 Å². The minimum atomic E-state index is -0.203. The van der Waals surface area contributed by atoms with E-state index in [1.54, 1.807) is 0 Å². The summed E-state index contributed by atoms with van der Waals surface area (Å²) in [5, 5.41) is 17.1. The molecule has 0 aliphatic carbocycles. The Balaban J connectivity index is 4.00. The van der Waals surface area contributed by atoms with Gasteiger partial charge in [0.2, 0.25) is 0 Å². The highest BCUT2D eigenvalue weighted by molar-refractivity contribution is 5.18. The van der Waals surface area contributed by atoms with Crippen LogP contribution in [0.15, 0.2) is 36.4 Å². The first-order valence-electron chi connectivity index (χ1n) is 2.33. The topological polar surface area (TPSA) is 66.5 Å². The second-order valence-corrected chi connectivity index (χ2v) is 1.42. The molecule has 0 radical (unpaired) electrons. The molecule has 0 saturated carbocycles. The molecule has 0 saturated heterocycles. The molecule has 4 N–H and O–H groups in total. The highest BCUT2D eigenvalue weighted by Crippen LogP contribution is 1.93. The third-order valence-electron chi connectivity index (χ3n) is 0.581. The van der Waals surface area contributed by atoms with Crippen LogP contribution in [0.2, 0.25) is 0 Å². The Labute approximate surface area is 53.4 Å². The molecule has 3 nitrogen and oxygen atoms in total. The van der Waals surface area contributed by atoms with E-state index >= 15 is 0 Å². The lowest BCUT2D eigenvalue weighted by Gasteiger charge is -1.87. The molecule has 0 aromatic heterocycles. The number of hydrogen-bond donors (Lipinski definition) is 3. The van der Waals surface area contributed by atoms with E-state index in [1.807, 2.05) is 0 Å². The predicted octanol–water partition coefficient (Wildman–Crippen LogP) is 0.972. The number of hydrogen-bond acceptors (Lipinski definition) is 3. The van der Waals surface area contributed by atoms with Crippen molar-refractivity contribution in [1.82, 2.24) is 0 Å². The van der Waals surface area contributed by atoms with Gasteiger partial charge in [-0.3, -0.25) is 0 Å². The van der Waals surface area contributed by atoms with Crippen LogP contribution in [-0.4, -0.2) is 10.2 Å². The van der Waals surface area contributed by atoms with Crippen LogP contribution in [0.1, 0.15) is 0 Å². The quantitative estimate of drug-likeness (QED) is 0.382. The second-order valence-electron chi connectivity index (χ2n) is 1.42. The number of aliphatic hydroxyl groups excluding tert-OH is 2. The van der Waals surface area contributed by atoms with Gasteiger partial charge in [0.15, 0.2) is 0 Å². The smallest absolute Gasteiger partial charge is 0.120 e. The van der Waals surface area contributed by atoms with E-state index in [2.05, 4.69) is 6.58 Å². The molecule has 50 valence electrons. The van der Waals surface area contributed by atoms with Crippen molar-refractivity contribution in [1.29, 1.82) is 0 Å². The van der Waals surface area contributed by atoms with Gasteiger partial charge in [-0.25, -0.2) is 0 Å². The monoisotopic (exact) mass is 127 g/mol. The van der Waals surface area contributed by atoms with Crippen molar-refractivity contribution in [2.75, 3.05) is 0 Å². The second kappa shape index (κ2) is 3.60. The third-order valence-corrected chi connectivity index (χ3v) is 0.581. The van der Waals surface area contributed by atoms with Gasteiger partial charge in [0.05, 0.1) is 0 Å².